The number of hydrogen-bond donors (Lipinski definition) is 0. The van der Waals surface area contributed by atoms with Crippen molar-refractivity contribution in [1.82, 2.24) is 0 Å². The van der Waals surface area contributed by atoms with E-state index in [-0.39, 0.29) is 0 Å². The third-order valence-corrected chi connectivity index (χ3v) is 3.32. The summed E-state index contributed by atoms with van der Waals surface area (Å²) in [5, 5.41) is 0.0972. The highest BCUT2D eigenvalue weighted by molar-refractivity contribution is 6.67. The van der Waals surface area contributed by atoms with E-state index in [0.29, 0.717) is 28.7 Å². The molecule has 5 heteroatoms. The van der Waals surface area contributed by atoms with Gasteiger partial charge in [-0.3, -0.25) is 4.79 Å². The highest BCUT2D eigenvalue weighted by atomic mass is 35.5. The Morgan fingerprint density at radius 2 is 1.90 bits per heavy atom. The zero-order valence-electron chi connectivity index (χ0n) is 10.7. The van der Waals surface area contributed by atoms with Crippen LogP contribution < -0.4 is 9.47 Å². The second kappa shape index (κ2) is 6.64. The van der Waals surface area contributed by atoms with Crippen LogP contribution in [-0.2, 0) is 6.61 Å². The Bertz CT molecular complexity index is 626. The minimum Gasteiger partial charge on any atom is -0.493 e. The molecule has 0 aliphatic carbocycles. The van der Waals surface area contributed by atoms with Crippen molar-refractivity contribution in [2.24, 2.45) is 0 Å². The lowest BCUT2D eigenvalue weighted by Crippen LogP contribution is -1.99. The van der Waals surface area contributed by atoms with Gasteiger partial charge in [0.2, 0.25) is 0 Å². The van der Waals surface area contributed by atoms with Crippen LogP contribution >= 0.6 is 23.2 Å². The number of benzene rings is 2. The van der Waals surface area contributed by atoms with Gasteiger partial charge in [0.05, 0.1) is 7.11 Å². The first-order chi connectivity index (χ1) is 9.61. The van der Waals surface area contributed by atoms with Crippen molar-refractivity contribution in [3.8, 4) is 11.5 Å². The molecule has 0 amide bonds. The Kier molecular flexibility index (Phi) is 4.88. The lowest BCUT2D eigenvalue weighted by atomic mass is 10.2. The Morgan fingerprint density at radius 1 is 1.15 bits per heavy atom. The molecule has 0 fully saturated rings. The number of methoxy groups -OCH3 is 1. The zero-order valence-corrected chi connectivity index (χ0v) is 12.2. The van der Waals surface area contributed by atoms with Crippen molar-refractivity contribution in [1.29, 1.82) is 0 Å². The van der Waals surface area contributed by atoms with Gasteiger partial charge in [-0.2, -0.15) is 0 Å². The molecule has 20 heavy (non-hydrogen) atoms. The average Bonchev–Trinajstić information content (AvgIpc) is 2.46. The topological polar surface area (TPSA) is 35.5 Å². The van der Waals surface area contributed by atoms with Crippen molar-refractivity contribution < 1.29 is 14.3 Å². The summed E-state index contributed by atoms with van der Waals surface area (Å²) in [5.74, 6) is 0.970. The van der Waals surface area contributed by atoms with Gasteiger partial charge >= 0.3 is 0 Å². The van der Waals surface area contributed by atoms with Gasteiger partial charge in [0.25, 0.3) is 5.24 Å². The summed E-state index contributed by atoms with van der Waals surface area (Å²) >= 11 is 11.5. The Balaban J connectivity index is 2.17. The standard InChI is InChI=1S/C15H12Cl2O3/c1-19-14-8-10(15(17)18)6-7-13(14)20-9-11-4-2-3-5-12(11)16/h2-8H,9H2,1H3. The van der Waals surface area contributed by atoms with E-state index in [9.17, 15) is 4.79 Å². The normalized spacial score (nSPS) is 10.2. The third-order valence-electron chi connectivity index (χ3n) is 2.73. The number of rotatable bonds is 5. The fraction of sp³-hybridized carbons (Fsp3) is 0.133. The van der Waals surface area contributed by atoms with Crippen molar-refractivity contribution >= 4 is 28.4 Å². The van der Waals surface area contributed by atoms with Gasteiger partial charge in [-0.1, -0.05) is 29.8 Å². The smallest absolute Gasteiger partial charge is 0.252 e. The van der Waals surface area contributed by atoms with Gasteiger partial charge in [-0.15, -0.1) is 0 Å². The van der Waals surface area contributed by atoms with Gasteiger partial charge in [-0.05, 0) is 35.9 Å². The first-order valence-corrected chi connectivity index (χ1v) is 6.61. The maximum absolute atomic E-state index is 11.1. The van der Waals surface area contributed by atoms with Crippen molar-refractivity contribution in [3.63, 3.8) is 0 Å². The van der Waals surface area contributed by atoms with E-state index in [1.165, 1.54) is 13.2 Å². The van der Waals surface area contributed by atoms with E-state index in [0.717, 1.165) is 5.56 Å². The van der Waals surface area contributed by atoms with Crippen molar-refractivity contribution in [3.05, 3.63) is 58.6 Å². The van der Waals surface area contributed by atoms with Crippen LogP contribution in [0.3, 0.4) is 0 Å². The Morgan fingerprint density at radius 3 is 2.55 bits per heavy atom. The molecule has 0 atom stereocenters. The lowest BCUT2D eigenvalue weighted by molar-refractivity contribution is 0.108. The molecule has 0 saturated heterocycles. The SMILES string of the molecule is COc1cc(C(=O)Cl)ccc1OCc1ccccc1Cl. The molecule has 0 radical (unpaired) electrons. The predicted octanol–water partition coefficient (Wildman–Crippen LogP) is 4.31. The molecular formula is C15H12Cl2O3. The van der Waals surface area contributed by atoms with Crippen LogP contribution in [0.2, 0.25) is 5.02 Å². The highest BCUT2D eigenvalue weighted by Crippen LogP contribution is 2.30. The molecule has 0 saturated carbocycles. The van der Waals surface area contributed by atoms with Crippen LogP contribution in [0.25, 0.3) is 0 Å². The molecule has 104 valence electrons. The number of carbonyl (C=O) groups excluding carboxylic acids is 1. The first kappa shape index (κ1) is 14.7. The molecule has 2 aromatic carbocycles. The van der Waals surface area contributed by atoms with E-state index in [1.54, 1.807) is 18.2 Å². The van der Waals surface area contributed by atoms with E-state index in [2.05, 4.69) is 0 Å². The summed E-state index contributed by atoms with van der Waals surface area (Å²) in [7, 11) is 1.50. The first-order valence-electron chi connectivity index (χ1n) is 5.86. The predicted molar refractivity (Wildman–Crippen MR) is 79.0 cm³/mol. The summed E-state index contributed by atoms with van der Waals surface area (Å²) in [6, 6.07) is 12.2. The maximum atomic E-state index is 11.1. The van der Waals surface area contributed by atoms with Gasteiger partial charge in [-0.25, -0.2) is 0 Å². The summed E-state index contributed by atoms with van der Waals surface area (Å²) in [4.78, 5) is 11.1. The molecule has 0 aromatic heterocycles. The van der Waals surface area contributed by atoms with Gasteiger partial charge in [0.15, 0.2) is 11.5 Å². The Hall–Kier alpha value is -1.71. The van der Waals surface area contributed by atoms with Crippen LogP contribution in [0.4, 0.5) is 0 Å². The fourth-order valence-electron chi connectivity index (χ4n) is 1.68. The number of hydrogen-bond acceptors (Lipinski definition) is 3. The summed E-state index contributed by atoms with van der Waals surface area (Å²) in [6.45, 7) is 0.310. The molecule has 0 bridgehead atoms. The molecule has 3 nitrogen and oxygen atoms in total. The van der Waals surface area contributed by atoms with Gasteiger partial charge in [0.1, 0.15) is 6.61 Å². The van der Waals surface area contributed by atoms with Crippen LogP contribution in [-0.4, -0.2) is 12.4 Å². The quantitative estimate of drug-likeness (QED) is 0.772. The zero-order chi connectivity index (χ0) is 14.5. The summed E-state index contributed by atoms with van der Waals surface area (Å²) in [5.41, 5.74) is 1.22. The molecule has 0 aliphatic rings. The number of halogens is 2. The minimum absolute atomic E-state index is 0.310. The molecular weight excluding hydrogens is 299 g/mol. The van der Waals surface area contributed by atoms with Crippen LogP contribution in [0.5, 0.6) is 11.5 Å². The van der Waals surface area contributed by atoms with Crippen LogP contribution in [0.15, 0.2) is 42.5 Å². The Labute approximate surface area is 127 Å². The largest absolute Gasteiger partial charge is 0.493 e. The van der Waals surface area contributed by atoms with E-state index in [1.807, 2.05) is 18.2 Å². The molecule has 0 spiro atoms. The van der Waals surface area contributed by atoms with Crippen molar-refractivity contribution in [2.45, 2.75) is 6.61 Å². The molecule has 0 N–H and O–H groups in total. The van der Waals surface area contributed by atoms with Gasteiger partial charge < -0.3 is 9.47 Å². The monoisotopic (exact) mass is 310 g/mol. The maximum Gasteiger partial charge on any atom is 0.252 e. The fourth-order valence-corrected chi connectivity index (χ4v) is 1.99. The lowest BCUT2D eigenvalue weighted by Gasteiger charge is -2.12. The van der Waals surface area contributed by atoms with Gasteiger partial charge in [0, 0.05) is 16.1 Å². The van der Waals surface area contributed by atoms with Crippen LogP contribution in [0.1, 0.15) is 15.9 Å². The van der Waals surface area contributed by atoms with E-state index < -0.39 is 5.24 Å². The highest BCUT2D eigenvalue weighted by Gasteiger charge is 2.10. The molecule has 0 unspecified atom stereocenters. The van der Waals surface area contributed by atoms with E-state index in [4.69, 9.17) is 32.7 Å². The second-order valence-corrected chi connectivity index (χ2v) is 4.77. The minimum atomic E-state index is -0.541. The van der Waals surface area contributed by atoms with Crippen LogP contribution in [0, 0.1) is 0 Å². The molecule has 0 heterocycles. The van der Waals surface area contributed by atoms with E-state index >= 15 is 0 Å². The van der Waals surface area contributed by atoms with Crippen molar-refractivity contribution in [2.75, 3.05) is 7.11 Å². The number of ether oxygens (including phenoxy) is 2. The third kappa shape index (κ3) is 3.44. The number of carbonyl (C=O) groups is 1. The average molecular weight is 311 g/mol. The molecule has 2 aromatic rings. The summed E-state index contributed by atoms with van der Waals surface area (Å²) in [6.07, 6.45) is 0. The molecule has 2 rings (SSSR count). The molecule has 0 aliphatic heterocycles. The second-order valence-electron chi connectivity index (χ2n) is 4.02. The summed E-state index contributed by atoms with van der Waals surface area (Å²) < 4.78 is 10.9.